The summed E-state index contributed by atoms with van der Waals surface area (Å²) in [6.07, 6.45) is 0.252. The third kappa shape index (κ3) is 3.78. The molecule has 0 N–H and O–H groups in total. The normalized spacial score (nSPS) is 18.9. The van der Waals surface area contributed by atoms with Crippen molar-refractivity contribution in [3.8, 4) is 17.1 Å². The molecule has 0 aliphatic carbocycles. The van der Waals surface area contributed by atoms with E-state index in [1.165, 1.54) is 9.80 Å². The standard InChI is InChI=1S/C26H26N4O6/c1-16(2)14-29-24(32)19-9-4-5-10-20(19)30-22(31)11-12-26(29,30)25(33)35-15-21-27-23(28-36-21)17-7-6-8-18(13-17)34-3/h4-10,13,16H,11-12,14-15H2,1-3H3. The average molecular weight is 491 g/mol. The van der Waals surface area contributed by atoms with Crippen LogP contribution in [-0.2, 0) is 20.9 Å². The molecule has 2 aromatic carbocycles. The quantitative estimate of drug-likeness (QED) is 0.463. The summed E-state index contributed by atoms with van der Waals surface area (Å²) in [7, 11) is 1.56. The van der Waals surface area contributed by atoms with Gasteiger partial charge in [-0.3, -0.25) is 14.5 Å². The number of ether oxygens (including phenoxy) is 2. The molecule has 1 fully saturated rings. The molecule has 1 aromatic heterocycles. The number of amides is 2. The molecule has 2 aliphatic heterocycles. The number of hydrogen-bond donors (Lipinski definition) is 0. The van der Waals surface area contributed by atoms with E-state index in [1.807, 2.05) is 13.8 Å². The van der Waals surface area contributed by atoms with Gasteiger partial charge < -0.3 is 18.9 Å². The SMILES string of the molecule is COc1cccc(-c2noc(COC(=O)C34CCC(=O)N3c3ccccc3C(=O)N4CC(C)C)n2)c1. The van der Waals surface area contributed by atoms with Gasteiger partial charge in [0.25, 0.3) is 11.8 Å². The summed E-state index contributed by atoms with van der Waals surface area (Å²) in [6, 6.07) is 14.0. The van der Waals surface area contributed by atoms with E-state index in [4.69, 9.17) is 14.0 Å². The van der Waals surface area contributed by atoms with Crippen molar-refractivity contribution >= 4 is 23.5 Å². The van der Waals surface area contributed by atoms with E-state index < -0.39 is 11.6 Å². The Morgan fingerprint density at radius 3 is 2.75 bits per heavy atom. The van der Waals surface area contributed by atoms with Gasteiger partial charge in [0.05, 0.1) is 18.4 Å². The first kappa shape index (κ1) is 23.5. The predicted molar refractivity (Wildman–Crippen MR) is 128 cm³/mol. The molecule has 0 saturated carbocycles. The van der Waals surface area contributed by atoms with Crippen LogP contribution >= 0.6 is 0 Å². The Bertz CT molecular complexity index is 1340. The van der Waals surface area contributed by atoms with Crippen molar-refractivity contribution in [3.63, 3.8) is 0 Å². The van der Waals surface area contributed by atoms with Crippen molar-refractivity contribution in [1.29, 1.82) is 0 Å². The van der Waals surface area contributed by atoms with Gasteiger partial charge in [-0.2, -0.15) is 4.98 Å². The molecule has 1 saturated heterocycles. The fourth-order valence-electron chi connectivity index (χ4n) is 4.80. The minimum Gasteiger partial charge on any atom is -0.497 e. The molecular formula is C26H26N4O6. The zero-order chi connectivity index (χ0) is 25.4. The lowest BCUT2D eigenvalue weighted by Gasteiger charge is -2.48. The highest BCUT2D eigenvalue weighted by atomic mass is 16.6. The number of hydrogen-bond acceptors (Lipinski definition) is 8. The average Bonchev–Trinajstić information content (AvgIpc) is 3.50. The van der Waals surface area contributed by atoms with Crippen molar-refractivity contribution in [1.82, 2.24) is 15.0 Å². The fourth-order valence-corrected chi connectivity index (χ4v) is 4.80. The Balaban J connectivity index is 1.44. The van der Waals surface area contributed by atoms with Crippen LogP contribution in [0.2, 0.25) is 0 Å². The predicted octanol–water partition coefficient (Wildman–Crippen LogP) is 3.42. The van der Waals surface area contributed by atoms with Crippen molar-refractivity contribution in [2.45, 2.75) is 39.0 Å². The zero-order valence-corrected chi connectivity index (χ0v) is 20.3. The highest BCUT2D eigenvalue weighted by molar-refractivity contribution is 6.15. The first-order valence-electron chi connectivity index (χ1n) is 11.7. The van der Waals surface area contributed by atoms with Gasteiger partial charge in [-0.25, -0.2) is 4.79 Å². The molecule has 2 amide bonds. The monoisotopic (exact) mass is 490 g/mol. The number of methoxy groups -OCH3 is 1. The maximum absolute atomic E-state index is 13.7. The van der Waals surface area contributed by atoms with Crippen LogP contribution in [-0.4, -0.2) is 52.1 Å². The van der Waals surface area contributed by atoms with Gasteiger partial charge in [0.15, 0.2) is 6.61 Å². The number of nitrogens with zero attached hydrogens (tertiary/aromatic N) is 4. The summed E-state index contributed by atoms with van der Waals surface area (Å²) in [5.74, 6) is -0.145. The topological polar surface area (TPSA) is 115 Å². The van der Waals surface area contributed by atoms with Crippen LogP contribution in [0.1, 0.15) is 42.9 Å². The summed E-state index contributed by atoms with van der Waals surface area (Å²) in [4.78, 5) is 47.5. The molecule has 0 radical (unpaired) electrons. The highest BCUT2D eigenvalue weighted by Gasteiger charge is 2.62. The van der Waals surface area contributed by atoms with Crippen LogP contribution in [0.4, 0.5) is 5.69 Å². The van der Waals surface area contributed by atoms with E-state index in [0.717, 1.165) is 0 Å². The number of benzene rings is 2. The smallest absolute Gasteiger partial charge is 0.354 e. The third-order valence-corrected chi connectivity index (χ3v) is 6.37. The Morgan fingerprint density at radius 2 is 1.97 bits per heavy atom. The van der Waals surface area contributed by atoms with Gasteiger partial charge >= 0.3 is 5.97 Å². The second kappa shape index (κ2) is 9.10. The van der Waals surface area contributed by atoms with Crippen molar-refractivity contribution in [2.75, 3.05) is 18.6 Å². The number of esters is 1. The number of carbonyl (C=O) groups is 3. The molecule has 186 valence electrons. The van der Waals surface area contributed by atoms with Gasteiger partial charge in [-0.1, -0.05) is 43.3 Å². The van der Waals surface area contributed by atoms with E-state index >= 15 is 0 Å². The van der Waals surface area contributed by atoms with Gasteiger partial charge in [-0.05, 0) is 30.2 Å². The molecule has 0 bridgehead atoms. The molecule has 1 atom stereocenters. The number of carbonyl (C=O) groups excluding carboxylic acids is 3. The van der Waals surface area contributed by atoms with E-state index in [1.54, 1.807) is 55.6 Å². The molecule has 0 spiro atoms. The Labute approximate surface area is 207 Å². The summed E-state index contributed by atoms with van der Waals surface area (Å²) < 4.78 is 16.2. The number of anilines is 1. The molecule has 2 aliphatic rings. The molecule has 3 aromatic rings. The van der Waals surface area contributed by atoms with Crippen molar-refractivity contribution in [2.24, 2.45) is 5.92 Å². The Kier molecular flexibility index (Phi) is 5.95. The van der Waals surface area contributed by atoms with Crippen molar-refractivity contribution < 1.29 is 28.4 Å². The Hall–Kier alpha value is -4.21. The summed E-state index contributed by atoms with van der Waals surface area (Å²) in [5.41, 5.74) is -0.0845. The van der Waals surface area contributed by atoms with Gasteiger partial charge in [0.1, 0.15) is 5.75 Å². The first-order chi connectivity index (χ1) is 17.3. The van der Waals surface area contributed by atoms with E-state index in [-0.39, 0.29) is 49.6 Å². The van der Waals surface area contributed by atoms with Crippen LogP contribution < -0.4 is 9.64 Å². The maximum atomic E-state index is 13.7. The molecule has 10 nitrogen and oxygen atoms in total. The molecule has 3 heterocycles. The third-order valence-electron chi connectivity index (χ3n) is 6.37. The highest BCUT2D eigenvalue weighted by Crippen LogP contribution is 2.45. The second-order valence-electron chi connectivity index (χ2n) is 9.19. The molecule has 1 unspecified atom stereocenters. The Morgan fingerprint density at radius 1 is 1.17 bits per heavy atom. The van der Waals surface area contributed by atoms with E-state index in [0.29, 0.717) is 28.4 Å². The van der Waals surface area contributed by atoms with Crippen LogP contribution in [0.5, 0.6) is 5.75 Å². The summed E-state index contributed by atoms with van der Waals surface area (Å²) >= 11 is 0. The minimum absolute atomic E-state index is 0.0581. The van der Waals surface area contributed by atoms with E-state index in [9.17, 15) is 14.4 Å². The largest absolute Gasteiger partial charge is 0.497 e. The van der Waals surface area contributed by atoms with Gasteiger partial charge in [0.2, 0.25) is 17.4 Å². The molecule has 36 heavy (non-hydrogen) atoms. The van der Waals surface area contributed by atoms with Crippen LogP contribution in [0.3, 0.4) is 0 Å². The van der Waals surface area contributed by atoms with E-state index in [2.05, 4.69) is 10.1 Å². The lowest BCUT2D eigenvalue weighted by Crippen LogP contribution is -2.69. The van der Waals surface area contributed by atoms with Gasteiger partial charge in [-0.15, -0.1) is 0 Å². The number of para-hydroxylation sites is 1. The van der Waals surface area contributed by atoms with Crippen molar-refractivity contribution in [3.05, 3.63) is 60.0 Å². The van der Waals surface area contributed by atoms with Gasteiger partial charge in [0, 0.05) is 24.9 Å². The fraction of sp³-hybridized carbons (Fsp3) is 0.346. The summed E-state index contributed by atoms with van der Waals surface area (Å²) in [6.45, 7) is 3.89. The molecule has 5 rings (SSSR count). The number of aromatic nitrogens is 2. The van der Waals surface area contributed by atoms with Crippen LogP contribution in [0.15, 0.2) is 53.1 Å². The number of rotatable bonds is 7. The molecular weight excluding hydrogens is 464 g/mol. The lowest BCUT2D eigenvalue weighted by atomic mass is 9.95. The number of fused-ring (bicyclic) bond motifs is 3. The zero-order valence-electron chi connectivity index (χ0n) is 20.3. The summed E-state index contributed by atoms with van der Waals surface area (Å²) in [5, 5.41) is 3.96. The maximum Gasteiger partial charge on any atom is 0.354 e. The first-order valence-corrected chi connectivity index (χ1v) is 11.7. The lowest BCUT2D eigenvalue weighted by molar-refractivity contribution is -0.159. The second-order valence-corrected chi connectivity index (χ2v) is 9.19. The molecule has 10 heteroatoms. The van der Waals surface area contributed by atoms with Crippen LogP contribution in [0.25, 0.3) is 11.4 Å². The minimum atomic E-state index is -1.57. The van der Waals surface area contributed by atoms with Crippen LogP contribution in [0, 0.1) is 5.92 Å².